The van der Waals surface area contributed by atoms with Crippen LogP contribution in [0.2, 0.25) is 0 Å². The van der Waals surface area contributed by atoms with Crippen molar-refractivity contribution in [3.05, 3.63) is 18.2 Å². The van der Waals surface area contributed by atoms with Crippen molar-refractivity contribution in [3.8, 4) is 0 Å². The van der Waals surface area contributed by atoms with Gasteiger partial charge in [0.15, 0.2) is 5.96 Å². The second kappa shape index (κ2) is 10.9. The van der Waals surface area contributed by atoms with Crippen LogP contribution in [0, 0.1) is 5.92 Å². The normalized spacial score (nSPS) is 11.3. The molecule has 0 aliphatic rings. The Morgan fingerprint density at radius 2 is 2.15 bits per heavy atom. The number of unbranched alkanes of at least 4 members (excludes halogenated alkanes) is 1. The van der Waals surface area contributed by atoms with Crippen molar-refractivity contribution in [2.45, 2.75) is 46.7 Å². The Balaban J connectivity index is 0.00000361. The molecule has 6 heteroatoms. The first kappa shape index (κ1) is 19.2. The van der Waals surface area contributed by atoms with Gasteiger partial charge in [-0.25, -0.2) is 4.98 Å². The summed E-state index contributed by atoms with van der Waals surface area (Å²) in [7, 11) is 1.79. The van der Waals surface area contributed by atoms with E-state index < -0.39 is 0 Å². The molecule has 0 atom stereocenters. The minimum absolute atomic E-state index is 0. The molecule has 0 aliphatic heterocycles. The van der Waals surface area contributed by atoms with Crippen molar-refractivity contribution in [1.82, 2.24) is 20.2 Å². The van der Waals surface area contributed by atoms with Gasteiger partial charge < -0.3 is 15.2 Å². The number of hydrogen-bond donors (Lipinski definition) is 2. The summed E-state index contributed by atoms with van der Waals surface area (Å²) in [6, 6.07) is 0. The van der Waals surface area contributed by atoms with Crippen molar-refractivity contribution in [1.29, 1.82) is 0 Å². The maximum atomic E-state index is 4.39. The highest BCUT2D eigenvalue weighted by atomic mass is 127. The van der Waals surface area contributed by atoms with Crippen molar-refractivity contribution < 1.29 is 0 Å². The molecule has 0 amide bonds. The lowest BCUT2D eigenvalue weighted by molar-refractivity contribution is 0.503. The fourth-order valence-electron chi connectivity index (χ4n) is 1.83. The van der Waals surface area contributed by atoms with E-state index in [1.807, 2.05) is 12.4 Å². The van der Waals surface area contributed by atoms with Crippen LogP contribution in [0.3, 0.4) is 0 Å². The number of aliphatic imine (C=N–C) groups is 1. The molecule has 2 N–H and O–H groups in total. The van der Waals surface area contributed by atoms with Gasteiger partial charge in [-0.3, -0.25) is 4.99 Å². The summed E-state index contributed by atoms with van der Waals surface area (Å²) < 4.78 is 2.19. The predicted molar refractivity (Wildman–Crippen MR) is 95.6 cm³/mol. The number of rotatable bonds is 7. The molecule has 0 bridgehead atoms. The van der Waals surface area contributed by atoms with Crippen LogP contribution in [0.4, 0.5) is 0 Å². The number of imidazole rings is 1. The summed E-state index contributed by atoms with van der Waals surface area (Å²) in [5, 5.41) is 6.59. The van der Waals surface area contributed by atoms with Crippen LogP contribution in [-0.4, -0.2) is 29.1 Å². The number of aromatic nitrogens is 2. The highest BCUT2D eigenvalue weighted by Crippen LogP contribution is 2.03. The van der Waals surface area contributed by atoms with Crippen LogP contribution < -0.4 is 10.6 Å². The van der Waals surface area contributed by atoms with Gasteiger partial charge in [0.05, 0.1) is 6.54 Å². The van der Waals surface area contributed by atoms with Crippen LogP contribution in [-0.2, 0) is 13.1 Å². The summed E-state index contributed by atoms with van der Waals surface area (Å²) in [6.45, 7) is 9.26. The third-order valence-corrected chi connectivity index (χ3v) is 2.82. The summed E-state index contributed by atoms with van der Waals surface area (Å²) in [6.07, 6.45) is 6.22. The van der Waals surface area contributed by atoms with Gasteiger partial charge in [-0.2, -0.15) is 0 Å². The molecule has 0 saturated heterocycles. The van der Waals surface area contributed by atoms with Gasteiger partial charge in [0.2, 0.25) is 0 Å². The van der Waals surface area contributed by atoms with Gasteiger partial charge in [0.1, 0.15) is 5.82 Å². The molecule has 116 valence electrons. The molecule has 1 aromatic rings. The quantitative estimate of drug-likeness (QED) is 0.324. The van der Waals surface area contributed by atoms with Crippen LogP contribution in [0.5, 0.6) is 0 Å². The van der Waals surface area contributed by atoms with E-state index in [9.17, 15) is 0 Å². The highest BCUT2D eigenvalue weighted by molar-refractivity contribution is 14.0. The van der Waals surface area contributed by atoms with E-state index in [-0.39, 0.29) is 24.0 Å². The molecular weight excluding hydrogens is 365 g/mol. The van der Waals surface area contributed by atoms with Crippen molar-refractivity contribution in [2.75, 3.05) is 13.6 Å². The molecule has 1 rings (SSSR count). The second-order valence-electron chi connectivity index (χ2n) is 5.10. The molecule has 0 fully saturated rings. The average molecular weight is 393 g/mol. The lowest BCUT2D eigenvalue weighted by atomic mass is 10.2. The Morgan fingerprint density at radius 1 is 1.40 bits per heavy atom. The first-order chi connectivity index (χ1) is 9.17. The molecule has 1 heterocycles. The number of hydrogen-bond acceptors (Lipinski definition) is 2. The lowest BCUT2D eigenvalue weighted by Crippen LogP contribution is -2.37. The second-order valence-corrected chi connectivity index (χ2v) is 5.10. The molecule has 0 aliphatic carbocycles. The van der Waals surface area contributed by atoms with Gasteiger partial charge in [0.25, 0.3) is 0 Å². The minimum atomic E-state index is 0. The van der Waals surface area contributed by atoms with Gasteiger partial charge in [-0.05, 0) is 12.3 Å². The van der Waals surface area contributed by atoms with Gasteiger partial charge in [0, 0.05) is 32.5 Å². The maximum absolute atomic E-state index is 4.39. The fraction of sp³-hybridized carbons (Fsp3) is 0.714. The van der Waals surface area contributed by atoms with E-state index in [1.54, 1.807) is 7.05 Å². The van der Waals surface area contributed by atoms with Gasteiger partial charge in [-0.1, -0.05) is 27.2 Å². The van der Waals surface area contributed by atoms with E-state index in [4.69, 9.17) is 0 Å². The number of nitrogens with zero attached hydrogens (tertiary/aromatic N) is 3. The van der Waals surface area contributed by atoms with E-state index >= 15 is 0 Å². The monoisotopic (exact) mass is 393 g/mol. The highest BCUT2D eigenvalue weighted by Gasteiger charge is 2.05. The zero-order valence-electron chi connectivity index (χ0n) is 13.0. The molecule has 20 heavy (non-hydrogen) atoms. The molecule has 1 aromatic heterocycles. The van der Waals surface area contributed by atoms with E-state index in [0.29, 0.717) is 12.5 Å². The first-order valence-electron chi connectivity index (χ1n) is 7.11. The van der Waals surface area contributed by atoms with Crippen LogP contribution in [0.1, 0.15) is 39.4 Å². The standard InChI is InChI=1S/C14H27N5.HI/c1-5-6-7-17-14(15-4)18-10-13-16-8-9-19(13)11-12(2)3;/h8-9,12H,5-7,10-11H2,1-4H3,(H2,15,17,18);1H. The zero-order chi connectivity index (χ0) is 14.1. The number of nitrogens with one attached hydrogen (secondary N) is 2. The first-order valence-corrected chi connectivity index (χ1v) is 7.11. The summed E-state index contributed by atoms with van der Waals surface area (Å²) in [5.41, 5.74) is 0. The average Bonchev–Trinajstić information content (AvgIpc) is 2.80. The van der Waals surface area contributed by atoms with E-state index in [1.165, 1.54) is 6.42 Å². The lowest BCUT2D eigenvalue weighted by Gasteiger charge is -2.13. The van der Waals surface area contributed by atoms with Gasteiger partial charge >= 0.3 is 0 Å². The van der Waals surface area contributed by atoms with Crippen molar-refractivity contribution >= 4 is 29.9 Å². The Bertz CT molecular complexity index is 387. The fourth-order valence-corrected chi connectivity index (χ4v) is 1.83. The number of halogens is 1. The Hall–Kier alpha value is -0.790. The van der Waals surface area contributed by atoms with E-state index in [0.717, 1.165) is 31.3 Å². The zero-order valence-corrected chi connectivity index (χ0v) is 15.3. The van der Waals surface area contributed by atoms with Crippen molar-refractivity contribution in [2.24, 2.45) is 10.9 Å². The third kappa shape index (κ3) is 7.12. The third-order valence-electron chi connectivity index (χ3n) is 2.82. The summed E-state index contributed by atoms with van der Waals surface area (Å²) in [4.78, 5) is 8.60. The number of guanidine groups is 1. The Kier molecular flexibility index (Phi) is 10.5. The largest absolute Gasteiger partial charge is 0.356 e. The Morgan fingerprint density at radius 3 is 2.75 bits per heavy atom. The SMILES string of the molecule is CCCCNC(=NC)NCc1nccn1CC(C)C.I. The smallest absolute Gasteiger partial charge is 0.191 e. The predicted octanol–water partition coefficient (Wildman–Crippen LogP) is 2.62. The van der Waals surface area contributed by atoms with Crippen molar-refractivity contribution in [3.63, 3.8) is 0 Å². The summed E-state index contributed by atoms with van der Waals surface area (Å²) >= 11 is 0. The van der Waals surface area contributed by atoms with E-state index in [2.05, 4.69) is 45.9 Å². The van der Waals surface area contributed by atoms with Gasteiger partial charge in [-0.15, -0.1) is 24.0 Å². The molecule has 0 radical (unpaired) electrons. The van der Waals surface area contributed by atoms with Crippen LogP contribution in [0.25, 0.3) is 0 Å². The Labute approximate surface area is 139 Å². The molecule has 0 saturated carbocycles. The summed E-state index contributed by atoms with van der Waals surface area (Å²) in [5.74, 6) is 2.51. The molecular formula is C14H28IN5. The molecule has 0 unspecified atom stereocenters. The minimum Gasteiger partial charge on any atom is -0.356 e. The van der Waals surface area contributed by atoms with Crippen LogP contribution in [0.15, 0.2) is 17.4 Å². The molecule has 0 aromatic carbocycles. The topological polar surface area (TPSA) is 54.2 Å². The molecule has 5 nitrogen and oxygen atoms in total. The van der Waals surface area contributed by atoms with Crippen LogP contribution >= 0.6 is 24.0 Å². The maximum Gasteiger partial charge on any atom is 0.191 e. The molecule has 0 spiro atoms.